The molecular formula is C105H67N15. The van der Waals surface area contributed by atoms with Gasteiger partial charge in [-0.2, -0.15) is 0 Å². The van der Waals surface area contributed by atoms with Crippen LogP contribution in [0.1, 0.15) is 11.1 Å². The van der Waals surface area contributed by atoms with Crippen LogP contribution in [-0.2, 0) is 0 Å². The number of nitrogens with zero attached hydrogens (tertiary/aromatic N) is 15. The zero-order valence-electron chi connectivity index (χ0n) is 64.9. The second-order valence-corrected chi connectivity index (χ2v) is 29.5. The Bertz CT molecular complexity index is 7720. The molecule has 0 atom stereocenters. The number of pyridine rings is 9. The monoisotopic (exact) mass is 1540 g/mol. The summed E-state index contributed by atoms with van der Waals surface area (Å²) in [6, 6.07) is 110. The zero-order valence-corrected chi connectivity index (χ0v) is 64.9. The highest BCUT2D eigenvalue weighted by atomic mass is 15.1. The zero-order chi connectivity index (χ0) is 80.0. The van der Waals surface area contributed by atoms with Crippen molar-refractivity contribution >= 4 is 108 Å². The van der Waals surface area contributed by atoms with E-state index in [-0.39, 0.29) is 0 Å². The molecule has 11 aromatic heterocycles. The summed E-state index contributed by atoms with van der Waals surface area (Å²) >= 11 is 0. The maximum atomic E-state index is 5.12. The van der Waals surface area contributed by atoms with E-state index in [0.29, 0.717) is 46.3 Å². The molecular weight excluding hydrogens is 1470 g/mol. The summed E-state index contributed by atoms with van der Waals surface area (Å²) in [5, 5.41) is 18.8. The van der Waals surface area contributed by atoms with Crippen molar-refractivity contribution in [3.05, 3.63) is 382 Å². The summed E-state index contributed by atoms with van der Waals surface area (Å²) in [5.41, 5.74) is 18.7. The molecule has 0 bridgehead atoms. The number of para-hydroxylation sites is 4. The van der Waals surface area contributed by atoms with Gasteiger partial charge in [0.2, 0.25) is 0 Å². The molecule has 23 rings (SSSR count). The number of aromatic nitrogens is 15. The molecule has 0 radical (unpaired) electrons. The van der Waals surface area contributed by atoms with E-state index in [1.807, 2.05) is 134 Å². The minimum absolute atomic E-state index is 0.484. The Morgan fingerprint density at radius 2 is 0.483 bits per heavy atom. The Hall–Kier alpha value is -16.4. The molecule has 0 aliphatic heterocycles. The van der Waals surface area contributed by atoms with Gasteiger partial charge in [0.15, 0.2) is 34.9 Å². The van der Waals surface area contributed by atoms with E-state index in [1.54, 1.807) is 24.8 Å². The molecule has 15 heteroatoms. The van der Waals surface area contributed by atoms with Crippen molar-refractivity contribution in [3.63, 3.8) is 0 Å². The van der Waals surface area contributed by atoms with Crippen LogP contribution in [0, 0.1) is 13.8 Å². The lowest BCUT2D eigenvalue weighted by Gasteiger charge is -2.13. The van der Waals surface area contributed by atoms with Crippen LogP contribution in [0.4, 0.5) is 0 Å². The second kappa shape index (κ2) is 30.8. The predicted octanol–water partition coefficient (Wildman–Crippen LogP) is 24.8. The van der Waals surface area contributed by atoms with Crippen molar-refractivity contribution in [1.82, 2.24) is 74.8 Å². The highest BCUT2D eigenvalue weighted by Crippen LogP contribution is 2.42. The summed E-state index contributed by atoms with van der Waals surface area (Å²) in [5.74, 6) is 3.34. The summed E-state index contributed by atoms with van der Waals surface area (Å²) in [4.78, 5) is 71.5. The minimum atomic E-state index is 0.484. The summed E-state index contributed by atoms with van der Waals surface area (Å²) in [6.07, 6.45) is 14.4. The molecule has 0 saturated carbocycles. The largest absolute Gasteiger partial charge is 0.265 e. The molecule has 0 amide bonds. The Labute approximate surface area is 688 Å². The van der Waals surface area contributed by atoms with E-state index in [2.05, 4.69) is 241 Å². The van der Waals surface area contributed by atoms with Gasteiger partial charge in [-0.15, -0.1) is 0 Å². The van der Waals surface area contributed by atoms with Gasteiger partial charge in [-0.05, 0) is 137 Å². The van der Waals surface area contributed by atoms with E-state index in [0.717, 1.165) is 122 Å². The van der Waals surface area contributed by atoms with Crippen LogP contribution in [0.5, 0.6) is 0 Å². The van der Waals surface area contributed by atoms with Gasteiger partial charge in [-0.25, -0.2) is 44.9 Å². The molecule has 562 valence electrons. The average molecular weight is 1540 g/mol. The predicted molar refractivity (Wildman–Crippen MR) is 485 cm³/mol. The number of hydrogen-bond donors (Lipinski definition) is 0. The van der Waals surface area contributed by atoms with E-state index < -0.39 is 0 Å². The SMILES string of the molecule is Cc1ccc(-c2nc(-c3ccc(C)cc3)nc(-c3ccc(-c4nc5ccccc5c5c4ccc4ccccc45)cn3)n2)cc1.c1ccc2c(c1)ccc1c(-c3ccc(-c4ccnc5ccccc45)nc3)nc3ccccc3c12.c1ccc2c(c1)ccc1c(-c3ccc(-c4nc(-c5ccncc5)nc(-c5ccncc5)n4)nc3)nc3ccccc3c12. The third-order valence-corrected chi connectivity index (χ3v) is 22.0. The van der Waals surface area contributed by atoms with Crippen molar-refractivity contribution in [2.24, 2.45) is 0 Å². The van der Waals surface area contributed by atoms with Crippen LogP contribution in [0.15, 0.2) is 371 Å². The smallest absolute Gasteiger partial charge is 0.182 e. The Kier molecular flexibility index (Phi) is 18.3. The van der Waals surface area contributed by atoms with Gasteiger partial charge in [0.25, 0.3) is 0 Å². The Morgan fingerprint density at radius 3 is 0.842 bits per heavy atom. The van der Waals surface area contributed by atoms with Crippen LogP contribution in [0.3, 0.4) is 0 Å². The van der Waals surface area contributed by atoms with Crippen molar-refractivity contribution in [2.45, 2.75) is 13.8 Å². The van der Waals surface area contributed by atoms with Crippen molar-refractivity contribution in [1.29, 1.82) is 0 Å². The molecule has 0 aliphatic rings. The van der Waals surface area contributed by atoms with Crippen molar-refractivity contribution in [3.8, 4) is 114 Å². The van der Waals surface area contributed by atoms with Crippen LogP contribution < -0.4 is 0 Å². The molecule has 0 fully saturated rings. The minimum Gasteiger partial charge on any atom is -0.265 e. The number of aryl methyl sites for hydroxylation is 2. The van der Waals surface area contributed by atoms with E-state index in [1.165, 1.54) is 65.0 Å². The lowest BCUT2D eigenvalue weighted by atomic mass is 9.95. The topological polar surface area (TPSA) is 193 Å². The molecule has 23 aromatic rings. The van der Waals surface area contributed by atoms with Gasteiger partial charge in [-0.3, -0.25) is 29.9 Å². The van der Waals surface area contributed by atoms with Gasteiger partial charge in [-0.1, -0.05) is 242 Å². The van der Waals surface area contributed by atoms with Gasteiger partial charge < -0.3 is 0 Å². The maximum absolute atomic E-state index is 5.12. The summed E-state index contributed by atoms with van der Waals surface area (Å²) in [7, 11) is 0. The number of hydrogen-bond acceptors (Lipinski definition) is 15. The maximum Gasteiger partial charge on any atom is 0.182 e. The Balaban J connectivity index is 0.000000112. The first-order valence-corrected chi connectivity index (χ1v) is 39.6. The second-order valence-electron chi connectivity index (χ2n) is 29.5. The van der Waals surface area contributed by atoms with Crippen molar-refractivity contribution in [2.75, 3.05) is 0 Å². The fourth-order valence-corrected chi connectivity index (χ4v) is 16.1. The van der Waals surface area contributed by atoms with Gasteiger partial charge in [0.05, 0.1) is 44.8 Å². The molecule has 0 aliphatic carbocycles. The molecule has 15 nitrogen and oxygen atoms in total. The van der Waals surface area contributed by atoms with E-state index in [9.17, 15) is 0 Å². The molecule has 11 heterocycles. The first kappa shape index (κ1) is 71.4. The standard InChI is InChI=1S/C39H27N5.C35H21N7.C31H19N3/c1-24-11-15-27(16-12-24)37-42-38(28-17-13-25(2)14-18-28)44-39(43-37)34-22-20-29(23-40-34)36-32-21-19-26-7-3-4-8-30(26)35(32)31-9-5-6-10-33(31)41-36;1-2-6-26-22(5-1)9-11-28-31(26)27-7-3-4-8-29(27)39-32(28)25-10-12-30(38-21-25)35-41-33(23-13-17-36-18-14-23)40-34(42-35)24-15-19-37-20-16-24;1-2-8-22-20(7-1)13-15-26-30(22)25-10-4-6-12-29(25)34-31(26)21-14-16-28(33-19-21)24-17-18-32-27-11-5-3-9-23(24)27/h3-23H,1-2H3;1-21H;1-19H. The molecule has 0 spiro atoms. The highest BCUT2D eigenvalue weighted by molar-refractivity contribution is 6.25. The van der Waals surface area contributed by atoms with Crippen LogP contribution >= 0.6 is 0 Å². The van der Waals surface area contributed by atoms with Crippen LogP contribution in [-0.4, -0.2) is 74.8 Å². The van der Waals surface area contributed by atoms with Gasteiger partial charge >= 0.3 is 0 Å². The van der Waals surface area contributed by atoms with Crippen LogP contribution in [0.25, 0.3) is 222 Å². The fourth-order valence-electron chi connectivity index (χ4n) is 16.1. The van der Waals surface area contributed by atoms with E-state index in [4.69, 9.17) is 59.8 Å². The third kappa shape index (κ3) is 13.5. The highest BCUT2D eigenvalue weighted by Gasteiger charge is 2.22. The van der Waals surface area contributed by atoms with Crippen LogP contribution in [0.2, 0.25) is 0 Å². The number of fused-ring (bicyclic) bond motifs is 16. The fraction of sp³-hybridized carbons (Fsp3) is 0.0190. The lowest BCUT2D eigenvalue weighted by Crippen LogP contribution is -2.01. The quantitative estimate of drug-likeness (QED) is 0.117. The first-order valence-electron chi connectivity index (χ1n) is 39.6. The summed E-state index contributed by atoms with van der Waals surface area (Å²) in [6.45, 7) is 4.14. The van der Waals surface area contributed by atoms with Crippen molar-refractivity contribution < 1.29 is 0 Å². The normalized spacial score (nSPS) is 11.4. The molecule has 0 N–H and O–H groups in total. The molecule has 0 unspecified atom stereocenters. The first-order chi connectivity index (χ1) is 59.3. The summed E-state index contributed by atoms with van der Waals surface area (Å²) < 4.78 is 0. The Morgan fingerprint density at radius 1 is 0.183 bits per heavy atom. The van der Waals surface area contributed by atoms with E-state index >= 15 is 0 Å². The average Bonchev–Trinajstić information content (AvgIpc) is 0.749. The van der Waals surface area contributed by atoms with Gasteiger partial charge in [0.1, 0.15) is 11.4 Å². The van der Waals surface area contributed by atoms with Gasteiger partial charge in [0, 0.05) is 148 Å². The molecule has 12 aromatic carbocycles. The molecule has 0 saturated heterocycles. The molecule has 120 heavy (non-hydrogen) atoms. The lowest BCUT2D eigenvalue weighted by molar-refractivity contribution is 1.06. The number of rotatable bonds is 10. The number of benzene rings is 12. The third-order valence-electron chi connectivity index (χ3n) is 22.0.